The van der Waals surface area contributed by atoms with E-state index < -0.39 is 0 Å². The average Bonchev–Trinajstić information content (AvgIpc) is 2.59. The third-order valence-corrected chi connectivity index (χ3v) is 5.54. The van der Waals surface area contributed by atoms with Crippen LogP contribution in [0.25, 0.3) is 0 Å². The lowest BCUT2D eigenvalue weighted by molar-refractivity contribution is 0.208. The Bertz CT molecular complexity index is 739. The summed E-state index contributed by atoms with van der Waals surface area (Å²) in [4.78, 5) is 16.7. The number of carbonyl (C=O) groups is 1. The van der Waals surface area contributed by atoms with Gasteiger partial charge in [-0.3, -0.25) is 0 Å². The highest BCUT2D eigenvalue weighted by Crippen LogP contribution is 2.24. The standard InChI is InChI=1S/C19H22IN3O/c1-14-6-5-9-18(15(14)2)22-10-12-23(13-11-22)19(24)21-17-8-4-3-7-16(17)20/h3-9H,10-13H2,1-2H3,(H,21,24). The van der Waals surface area contributed by atoms with Crippen molar-refractivity contribution in [2.75, 3.05) is 36.4 Å². The van der Waals surface area contributed by atoms with Crippen molar-refractivity contribution < 1.29 is 4.79 Å². The highest BCUT2D eigenvalue weighted by molar-refractivity contribution is 14.1. The average molecular weight is 435 g/mol. The van der Waals surface area contributed by atoms with E-state index >= 15 is 0 Å². The first-order chi connectivity index (χ1) is 11.6. The lowest BCUT2D eigenvalue weighted by Crippen LogP contribution is -2.50. The largest absolute Gasteiger partial charge is 0.368 e. The molecule has 0 radical (unpaired) electrons. The third kappa shape index (κ3) is 3.66. The SMILES string of the molecule is Cc1cccc(N2CCN(C(=O)Nc3ccccc3I)CC2)c1C. The molecule has 24 heavy (non-hydrogen) atoms. The number of nitrogens with zero attached hydrogens (tertiary/aromatic N) is 2. The lowest BCUT2D eigenvalue weighted by atomic mass is 10.1. The van der Waals surface area contributed by atoms with Crippen LogP contribution in [0.4, 0.5) is 16.2 Å². The van der Waals surface area contributed by atoms with Crippen LogP contribution in [-0.4, -0.2) is 37.1 Å². The Balaban J connectivity index is 1.62. The maximum Gasteiger partial charge on any atom is 0.321 e. The Hall–Kier alpha value is -1.76. The molecule has 3 rings (SSSR count). The first-order valence-corrected chi connectivity index (χ1v) is 9.26. The number of nitrogens with one attached hydrogen (secondary N) is 1. The van der Waals surface area contributed by atoms with Gasteiger partial charge in [0.15, 0.2) is 0 Å². The fourth-order valence-corrected chi connectivity index (χ4v) is 3.51. The summed E-state index contributed by atoms with van der Waals surface area (Å²) in [5.41, 5.74) is 4.80. The Morgan fingerprint density at radius 3 is 2.42 bits per heavy atom. The van der Waals surface area contributed by atoms with Crippen LogP contribution in [0.1, 0.15) is 11.1 Å². The molecule has 2 amide bonds. The second-order valence-electron chi connectivity index (χ2n) is 6.10. The Morgan fingerprint density at radius 2 is 1.71 bits per heavy atom. The number of carbonyl (C=O) groups excluding carboxylic acids is 1. The molecule has 0 saturated carbocycles. The maximum absolute atomic E-state index is 12.5. The van der Waals surface area contributed by atoms with E-state index in [1.54, 1.807) is 0 Å². The van der Waals surface area contributed by atoms with E-state index in [2.05, 4.69) is 64.9 Å². The molecule has 0 spiro atoms. The highest BCUT2D eigenvalue weighted by atomic mass is 127. The molecular weight excluding hydrogens is 413 g/mol. The van der Waals surface area contributed by atoms with Crippen molar-refractivity contribution in [3.8, 4) is 0 Å². The summed E-state index contributed by atoms with van der Waals surface area (Å²) in [6.07, 6.45) is 0. The number of amides is 2. The molecule has 1 aliphatic heterocycles. The van der Waals surface area contributed by atoms with E-state index in [1.165, 1.54) is 16.8 Å². The number of aryl methyl sites for hydroxylation is 1. The van der Waals surface area contributed by atoms with Gasteiger partial charge in [0.2, 0.25) is 0 Å². The maximum atomic E-state index is 12.5. The van der Waals surface area contributed by atoms with Crippen molar-refractivity contribution in [3.63, 3.8) is 0 Å². The fraction of sp³-hybridized carbons (Fsp3) is 0.316. The fourth-order valence-electron chi connectivity index (χ4n) is 2.99. The van der Waals surface area contributed by atoms with Crippen LogP contribution in [0, 0.1) is 17.4 Å². The van der Waals surface area contributed by atoms with Crippen LogP contribution < -0.4 is 10.2 Å². The van der Waals surface area contributed by atoms with Gasteiger partial charge in [-0.2, -0.15) is 0 Å². The third-order valence-electron chi connectivity index (χ3n) is 4.60. The smallest absolute Gasteiger partial charge is 0.321 e. The second kappa shape index (κ2) is 7.42. The zero-order valence-corrected chi connectivity index (χ0v) is 16.2. The molecule has 1 heterocycles. The Morgan fingerprint density at radius 1 is 1.00 bits per heavy atom. The summed E-state index contributed by atoms with van der Waals surface area (Å²) in [5, 5.41) is 3.02. The van der Waals surface area contributed by atoms with Crippen molar-refractivity contribution in [2.24, 2.45) is 0 Å². The molecule has 0 aliphatic carbocycles. The van der Waals surface area contributed by atoms with E-state index in [0.29, 0.717) is 0 Å². The van der Waals surface area contributed by atoms with E-state index in [1.807, 2.05) is 29.2 Å². The quantitative estimate of drug-likeness (QED) is 0.716. The first-order valence-electron chi connectivity index (χ1n) is 8.18. The molecule has 1 fully saturated rings. The van der Waals surface area contributed by atoms with Crippen LogP contribution >= 0.6 is 22.6 Å². The lowest BCUT2D eigenvalue weighted by Gasteiger charge is -2.37. The minimum atomic E-state index is -0.0141. The molecule has 1 saturated heterocycles. The molecule has 1 N–H and O–H groups in total. The number of hydrogen-bond acceptors (Lipinski definition) is 2. The molecule has 4 nitrogen and oxygen atoms in total. The van der Waals surface area contributed by atoms with Crippen molar-refractivity contribution in [1.82, 2.24) is 4.90 Å². The van der Waals surface area contributed by atoms with E-state index in [0.717, 1.165) is 35.4 Å². The number of hydrogen-bond donors (Lipinski definition) is 1. The minimum absolute atomic E-state index is 0.0141. The van der Waals surface area contributed by atoms with Crippen LogP contribution in [-0.2, 0) is 0 Å². The molecule has 2 aromatic carbocycles. The zero-order valence-electron chi connectivity index (χ0n) is 14.1. The van der Waals surface area contributed by atoms with Crippen molar-refractivity contribution >= 4 is 40.0 Å². The van der Waals surface area contributed by atoms with Crippen LogP contribution in [0.15, 0.2) is 42.5 Å². The van der Waals surface area contributed by atoms with Crippen molar-refractivity contribution in [3.05, 3.63) is 57.2 Å². The first kappa shape index (κ1) is 17.1. The number of urea groups is 1. The summed E-state index contributed by atoms with van der Waals surface area (Å²) in [6, 6.07) is 14.2. The van der Waals surface area contributed by atoms with Gasteiger partial charge < -0.3 is 15.1 Å². The number of para-hydroxylation sites is 1. The van der Waals surface area contributed by atoms with Gasteiger partial charge in [0.25, 0.3) is 0 Å². The topological polar surface area (TPSA) is 35.6 Å². The molecule has 2 aromatic rings. The van der Waals surface area contributed by atoms with Crippen LogP contribution in [0.3, 0.4) is 0 Å². The normalized spacial score (nSPS) is 14.6. The van der Waals surface area contributed by atoms with Gasteiger partial charge in [-0.25, -0.2) is 4.79 Å². The summed E-state index contributed by atoms with van der Waals surface area (Å²) < 4.78 is 1.05. The van der Waals surface area contributed by atoms with Gasteiger partial charge in [-0.1, -0.05) is 24.3 Å². The summed E-state index contributed by atoms with van der Waals surface area (Å²) in [6.45, 7) is 7.52. The molecule has 5 heteroatoms. The van der Waals surface area contributed by atoms with Crippen molar-refractivity contribution in [1.29, 1.82) is 0 Å². The molecule has 0 aromatic heterocycles. The van der Waals surface area contributed by atoms with Gasteiger partial charge in [-0.15, -0.1) is 0 Å². The minimum Gasteiger partial charge on any atom is -0.368 e. The van der Waals surface area contributed by atoms with E-state index in [9.17, 15) is 4.79 Å². The molecule has 0 unspecified atom stereocenters. The van der Waals surface area contributed by atoms with Gasteiger partial charge in [0.05, 0.1) is 5.69 Å². The number of rotatable bonds is 2. The predicted molar refractivity (Wildman–Crippen MR) is 108 cm³/mol. The van der Waals surface area contributed by atoms with Gasteiger partial charge in [-0.05, 0) is 65.8 Å². The van der Waals surface area contributed by atoms with Gasteiger partial charge >= 0.3 is 6.03 Å². The van der Waals surface area contributed by atoms with Crippen molar-refractivity contribution in [2.45, 2.75) is 13.8 Å². The number of anilines is 2. The Kier molecular flexibility index (Phi) is 5.28. The van der Waals surface area contributed by atoms with E-state index in [-0.39, 0.29) is 6.03 Å². The van der Waals surface area contributed by atoms with Gasteiger partial charge in [0, 0.05) is 35.4 Å². The molecule has 0 bridgehead atoms. The number of benzene rings is 2. The monoisotopic (exact) mass is 435 g/mol. The predicted octanol–water partition coefficient (Wildman–Crippen LogP) is 4.26. The molecule has 1 aliphatic rings. The van der Waals surface area contributed by atoms with Gasteiger partial charge in [0.1, 0.15) is 0 Å². The summed E-state index contributed by atoms with van der Waals surface area (Å²) in [7, 11) is 0. The Labute approximate surface area is 157 Å². The van der Waals surface area contributed by atoms with Crippen LogP contribution in [0.2, 0.25) is 0 Å². The summed E-state index contributed by atoms with van der Waals surface area (Å²) in [5.74, 6) is 0. The number of piperazine rings is 1. The highest BCUT2D eigenvalue weighted by Gasteiger charge is 2.22. The molecule has 0 atom stereocenters. The van der Waals surface area contributed by atoms with Crippen LogP contribution in [0.5, 0.6) is 0 Å². The van der Waals surface area contributed by atoms with E-state index in [4.69, 9.17) is 0 Å². The molecule has 126 valence electrons. The summed E-state index contributed by atoms with van der Waals surface area (Å²) >= 11 is 2.24. The zero-order chi connectivity index (χ0) is 17.1. The molecular formula is C19H22IN3O. The number of halogens is 1. The second-order valence-corrected chi connectivity index (χ2v) is 7.27.